The Morgan fingerprint density at radius 2 is 1.75 bits per heavy atom. The maximum Gasteiger partial charge on any atom is 0.274 e. The first kappa shape index (κ1) is 11.8. The molecular weight excluding hydrogens is 206 g/mol. The number of nitrogens with one attached hydrogen (secondary N) is 2. The SMILES string of the molecule is CNS(=O)(=O)CCNS(N)(=O)=O. The molecule has 0 amide bonds. The molecule has 0 aliphatic heterocycles. The zero-order valence-corrected chi connectivity index (χ0v) is 8.07. The van der Waals surface area contributed by atoms with Crippen molar-refractivity contribution in [2.75, 3.05) is 19.3 Å². The molecule has 0 saturated heterocycles. The predicted octanol–water partition coefficient (Wildman–Crippen LogP) is -2.67. The maximum absolute atomic E-state index is 10.7. The standard InChI is InChI=1S/C3H11N3O4S2/c1-5-11(7,8)3-2-6-12(4,9)10/h5-6H,2-3H2,1H3,(H2,4,9,10). The first-order valence-electron chi connectivity index (χ1n) is 2.95. The summed E-state index contributed by atoms with van der Waals surface area (Å²) >= 11 is 0. The van der Waals surface area contributed by atoms with Gasteiger partial charge in [0, 0.05) is 6.54 Å². The summed E-state index contributed by atoms with van der Waals surface area (Å²) in [6, 6.07) is 0. The zero-order valence-electron chi connectivity index (χ0n) is 6.44. The second-order valence-corrected chi connectivity index (χ2v) is 5.39. The van der Waals surface area contributed by atoms with E-state index in [1.807, 2.05) is 9.44 Å². The fourth-order valence-corrected chi connectivity index (χ4v) is 1.51. The molecule has 0 atom stereocenters. The molecule has 0 aromatic rings. The molecule has 0 unspecified atom stereocenters. The molecule has 7 nitrogen and oxygen atoms in total. The Labute approximate surface area is 71.6 Å². The number of rotatable bonds is 5. The Balaban J connectivity index is 3.89. The van der Waals surface area contributed by atoms with E-state index in [0.29, 0.717) is 0 Å². The molecule has 0 aliphatic carbocycles. The molecule has 74 valence electrons. The molecule has 0 bridgehead atoms. The van der Waals surface area contributed by atoms with Crippen LogP contribution in [0.4, 0.5) is 0 Å². The van der Waals surface area contributed by atoms with E-state index in [1.165, 1.54) is 7.05 Å². The molecule has 0 heterocycles. The average Bonchev–Trinajstić information content (AvgIpc) is 1.84. The van der Waals surface area contributed by atoms with E-state index in [-0.39, 0.29) is 12.3 Å². The van der Waals surface area contributed by atoms with Crippen molar-refractivity contribution in [2.24, 2.45) is 5.14 Å². The summed E-state index contributed by atoms with van der Waals surface area (Å²) in [6.45, 7) is -0.234. The smallest absolute Gasteiger partial charge is 0.218 e. The van der Waals surface area contributed by atoms with Crippen LogP contribution >= 0.6 is 0 Å². The van der Waals surface area contributed by atoms with Crippen molar-refractivity contribution in [1.29, 1.82) is 0 Å². The minimum atomic E-state index is -3.80. The van der Waals surface area contributed by atoms with Crippen LogP contribution in [0.2, 0.25) is 0 Å². The summed E-state index contributed by atoms with van der Waals surface area (Å²) in [5, 5.41) is 4.55. The minimum Gasteiger partial charge on any atom is -0.218 e. The van der Waals surface area contributed by atoms with Crippen LogP contribution < -0.4 is 14.6 Å². The quantitative estimate of drug-likeness (QED) is 0.465. The van der Waals surface area contributed by atoms with Crippen LogP contribution in [0.5, 0.6) is 0 Å². The number of nitrogens with two attached hydrogens (primary N) is 1. The highest BCUT2D eigenvalue weighted by molar-refractivity contribution is 7.89. The molecule has 12 heavy (non-hydrogen) atoms. The Hall–Kier alpha value is -0.220. The largest absolute Gasteiger partial charge is 0.274 e. The van der Waals surface area contributed by atoms with Gasteiger partial charge < -0.3 is 0 Å². The van der Waals surface area contributed by atoms with Crippen LogP contribution in [0.25, 0.3) is 0 Å². The van der Waals surface area contributed by atoms with Gasteiger partial charge in [-0.2, -0.15) is 8.42 Å². The van der Waals surface area contributed by atoms with Gasteiger partial charge in [-0.1, -0.05) is 0 Å². The van der Waals surface area contributed by atoms with Crippen LogP contribution in [-0.4, -0.2) is 36.2 Å². The lowest BCUT2D eigenvalue weighted by Gasteiger charge is -2.01. The summed E-state index contributed by atoms with van der Waals surface area (Å²) in [4.78, 5) is 0. The lowest BCUT2D eigenvalue weighted by Crippen LogP contribution is -2.36. The van der Waals surface area contributed by atoms with Gasteiger partial charge in [-0.3, -0.25) is 0 Å². The maximum atomic E-state index is 10.7. The molecule has 0 aromatic carbocycles. The zero-order chi connectivity index (χ0) is 9.83. The third-order valence-electron chi connectivity index (χ3n) is 0.985. The van der Waals surface area contributed by atoms with Crippen LogP contribution in [0, 0.1) is 0 Å². The van der Waals surface area contributed by atoms with E-state index in [2.05, 4.69) is 5.14 Å². The lowest BCUT2D eigenvalue weighted by molar-refractivity contribution is 0.580. The van der Waals surface area contributed by atoms with Crippen molar-refractivity contribution in [3.8, 4) is 0 Å². The van der Waals surface area contributed by atoms with Gasteiger partial charge in [0.1, 0.15) is 0 Å². The number of sulfonamides is 1. The first-order chi connectivity index (χ1) is 5.27. The third kappa shape index (κ3) is 6.49. The van der Waals surface area contributed by atoms with Crippen LogP contribution in [0.15, 0.2) is 0 Å². The summed E-state index contributed by atoms with van der Waals surface area (Å²) in [7, 11) is -5.93. The van der Waals surface area contributed by atoms with E-state index in [1.54, 1.807) is 0 Å². The molecule has 0 aromatic heterocycles. The Morgan fingerprint density at radius 1 is 1.25 bits per heavy atom. The van der Waals surface area contributed by atoms with Crippen LogP contribution in [-0.2, 0) is 20.2 Å². The van der Waals surface area contributed by atoms with Gasteiger partial charge in [0.05, 0.1) is 5.75 Å². The molecule has 9 heteroatoms. The van der Waals surface area contributed by atoms with Gasteiger partial charge in [0.15, 0.2) is 0 Å². The minimum absolute atomic E-state index is 0.234. The summed E-state index contributed by atoms with van der Waals surface area (Å²) in [5.41, 5.74) is 0. The molecule has 0 aliphatic rings. The van der Waals surface area contributed by atoms with Gasteiger partial charge in [-0.15, -0.1) is 0 Å². The fourth-order valence-electron chi connectivity index (χ4n) is 0.420. The molecule has 0 radical (unpaired) electrons. The second kappa shape index (κ2) is 4.14. The van der Waals surface area contributed by atoms with Crippen molar-refractivity contribution < 1.29 is 16.8 Å². The highest BCUT2D eigenvalue weighted by Gasteiger charge is 2.08. The number of hydrogen-bond donors (Lipinski definition) is 3. The third-order valence-corrected chi connectivity index (χ3v) is 2.96. The molecule has 0 saturated carbocycles. The molecule has 0 fully saturated rings. The monoisotopic (exact) mass is 217 g/mol. The summed E-state index contributed by atoms with van der Waals surface area (Å²) in [5.74, 6) is -0.333. The van der Waals surface area contributed by atoms with Gasteiger partial charge in [0.25, 0.3) is 10.2 Å². The van der Waals surface area contributed by atoms with Gasteiger partial charge in [-0.05, 0) is 7.05 Å². The Kier molecular flexibility index (Phi) is 4.06. The van der Waals surface area contributed by atoms with E-state index in [4.69, 9.17) is 0 Å². The molecule has 0 spiro atoms. The van der Waals surface area contributed by atoms with Gasteiger partial charge in [0.2, 0.25) is 10.0 Å². The van der Waals surface area contributed by atoms with Crippen LogP contribution in [0.3, 0.4) is 0 Å². The van der Waals surface area contributed by atoms with Crippen molar-refractivity contribution in [2.45, 2.75) is 0 Å². The summed E-state index contributed by atoms with van der Waals surface area (Å²) in [6.07, 6.45) is 0. The van der Waals surface area contributed by atoms with Crippen molar-refractivity contribution in [3.63, 3.8) is 0 Å². The Morgan fingerprint density at radius 3 is 2.08 bits per heavy atom. The highest BCUT2D eigenvalue weighted by Crippen LogP contribution is 1.79. The van der Waals surface area contributed by atoms with E-state index < -0.39 is 20.2 Å². The van der Waals surface area contributed by atoms with E-state index in [0.717, 1.165) is 0 Å². The fraction of sp³-hybridized carbons (Fsp3) is 1.00. The molecular formula is C3H11N3O4S2. The van der Waals surface area contributed by atoms with E-state index in [9.17, 15) is 16.8 Å². The summed E-state index contributed by atoms with van der Waals surface area (Å²) < 4.78 is 45.8. The van der Waals surface area contributed by atoms with Crippen molar-refractivity contribution >= 4 is 20.2 Å². The predicted molar refractivity (Wildman–Crippen MR) is 44.0 cm³/mol. The van der Waals surface area contributed by atoms with Crippen LogP contribution in [0.1, 0.15) is 0 Å². The lowest BCUT2D eigenvalue weighted by atomic mass is 10.8. The van der Waals surface area contributed by atoms with Crippen molar-refractivity contribution in [1.82, 2.24) is 9.44 Å². The molecule has 0 rings (SSSR count). The normalized spacial score (nSPS) is 13.2. The van der Waals surface area contributed by atoms with Gasteiger partial charge >= 0.3 is 0 Å². The first-order valence-corrected chi connectivity index (χ1v) is 6.15. The highest BCUT2D eigenvalue weighted by atomic mass is 32.2. The number of hydrogen-bond acceptors (Lipinski definition) is 4. The van der Waals surface area contributed by atoms with Gasteiger partial charge in [-0.25, -0.2) is 23.0 Å². The topological polar surface area (TPSA) is 118 Å². The van der Waals surface area contributed by atoms with Crippen molar-refractivity contribution in [3.05, 3.63) is 0 Å². The van der Waals surface area contributed by atoms with E-state index >= 15 is 0 Å². The Bertz CT molecular complexity index is 317. The average molecular weight is 217 g/mol. The molecule has 4 N–H and O–H groups in total. The second-order valence-electron chi connectivity index (χ2n) is 1.96.